The van der Waals surface area contributed by atoms with Crippen molar-refractivity contribution < 1.29 is 14.3 Å². The summed E-state index contributed by atoms with van der Waals surface area (Å²) in [4.78, 5) is 22.7. The van der Waals surface area contributed by atoms with Gasteiger partial charge in [0.05, 0.1) is 13.5 Å². The summed E-state index contributed by atoms with van der Waals surface area (Å²) in [5.74, 6) is 2.47. The lowest BCUT2D eigenvalue weighted by Crippen LogP contribution is -2.44. The zero-order chi connectivity index (χ0) is 14.2. The first-order valence-electron chi connectivity index (χ1n) is 7.69. The van der Waals surface area contributed by atoms with Gasteiger partial charge < -0.3 is 15.4 Å². The zero-order valence-corrected chi connectivity index (χ0v) is 12.1. The highest BCUT2D eigenvalue weighted by atomic mass is 16.5. The summed E-state index contributed by atoms with van der Waals surface area (Å²) in [6.45, 7) is 1.12. The van der Waals surface area contributed by atoms with Crippen LogP contribution in [0.25, 0.3) is 0 Å². The molecule has 2 amide bonds. The molecular weight excluding hydrogens is 256 g/mol. The Hall–Kier alpha value is -1.26. The Labute approximate surface area is 119 Å². The SMILES string of the molecule is COC(=O)CCNC(=O)NCC12CC3CC(C1)C(C3)C2. The van der Waals surface area contributed by atoms with Crippen LogP contribution >= 0.6 is 0 Å². The lowest BCUT2D eigenvalue weighted by atomic mass is 9.69. The van der Waals surface area contributed by atoms with E-state index in [1.165, 1.54) is 39.2 Å². The van der Waals surface area contributed by atoms with E-state index in [1.807, 2.05) is 0 Å². The molecular formula is C15H24N2O3. The summed E-state index contributed by atoms with van der Waals surface area (Å²) in [6.07, 6.45) is 6.98. The highest BCUT2D eigenvalue weighted by Crippen LogP contribution is 2.63. The summed E-state index contributed by atoms with van der Waals surface area (Å²) in [6, 6.07) is -0.161. The van der Waals surface area contributed by atoms with E-state index in [2.05, 4.69) is 15.4 Å². The van der Waals surface area contributed by atoms with Crippen LogP contribution in [0, 0.1) is 23.2 Å². The number of carbonyl (C=O) groups excluding carboxylic acids is 2. The third-order valence-electron chi connectivity index (χ3n) is 5.52. The summed E-state index contributed by atoms with van der Waals surface area (Å²) in [5, 5.41) is 5.72. The second-order valence-electron chi connectivity index (χ2n) is 6.91. The average Bonchev–Trinajstić information content (AvgIpc) is 2.84. The summed E-state index contributed by atoms with van der Waals surface area (Å²) >= 11 is 0. The number of amides is 2. The van der Waals surface area contributed by atoms with Gasteiger partial charge in [0.15, 0.2) is 0 Å². The highest BCUT2D eigenvalue weighted by molar-refractivity contribution is 5.75. The number of hydrogen-bond acceptors (Lipinski definition) is 3. The van der Waals surface area contributed by atoms with E-state index >= 15 is 0 Å². The molecule has 112 valence electrons. The minimum absolute atomic E-state index is 0.161. The standard InChI is InChI=1S/C15H24N2O3/c1-20-13(18)2-3-16-14(19)17-9-15-6-10-4-11(7-15)12(5-10)8-15/h10-12H,2-9H2,1H3,(H2,16,17,19). The first kappa shape index (κ1) is 13.7. The number of methoxy groups -OCH3 is 1. The molecule has 4 aliphatic carbocycles. The molecule has 2 unspecified atom stereocenters. The lowest BCUT2D eigenvalue weighted by Gasteiger charge is -2.38. The smallest absolute Gasteiger partial charge is 0.314 e. The van der Waals surface area contributed by atoms with E-state index < -0.39 is 0 Å². The largest absolute Gasteiger partial charge is 0.469 e. The molecule has 5 heteroatoms. The molecule has 4 rings (SSSR count). The van der Waals surface area contributed by atoms with Crippen molar-refractivity contribution in [2.75, 3.05) is 20.2 Å². The van der Waals surface area contributed by atoms with Gasteiger partial charge in [0.25, 0.3) is 0 Å². The fraction of sp³-hybridized carbons (Fsp3) is 0.867. The van der Waals surface area contributed by atoms with E-state index in [4.69, 9.17) is 0 Å². The van der Waals surface area contributed by atoms with Crippen molar-refractivity contribution in [3.8, 4) is 0 Å². The molecule has 0 aromatic carbocycles. The molecule has 4 bridgehead atoms. The van der Waals surface area contributed by atoms with Crippen LogP contribution in [0.1, 0.15) is 38.5 Å². The molecule has 0 aromatic rings. The Kier molecular flexibility index (Phi) is 3.61. The van der Waals surface area contributed by atoms with Crippen LogP contribution in [0.4, 0.5) is 4.79 Å². The van der Waals surface area contributed by atoms with Crippen LogP contribution in [0.3, 0.4) is 0 Å². The topological polar surface area (TPSA) is 67.4 Å². The fourth-order valence-electron chi connectivity index (χ4n) is 4.91. The minimum atomic E-state index is -0.296. The van der Waals surface area contributed by atoms with E-state index in [0.717, 1.165) is 24.3 Å². The van der Waals surface area contributed by atoms with Crippen molar-refractivity contribution in [1.82, 2.24) is 10.6 Å². The highest BCUT2D eigenvalue weighted by Gasteiger charge is 2.55. The molecule has 4 fully saturated rings. The summed E-state index contributed by atoms with van der Waals surface area (Å²) in [5.41, 5.74) is 0.371. The third-order valence-corrected chi connectivity index (χ3v) is 5.52. The van der Waals surface area contributed by atoms with Gasteiger partial charge in [0.2, 0.25) is 0 Å². The maximum atomic E-state index is 11.7. The second kappa shape index (κ2) is 5.26. The molecule has 0 radical (unpaired) electrons. The van der Waals surface area contributed by atoms with Gasteiger partial charge >= 0.3 is 12.0 Å². The van der Waals surface area contributed by atoms with Gasteiger partial charge in [-0.15, -0.1) is 0 Å². The molecule has 0 heterocycles. The number of hydrogen-bond donors (Lipinski definition) is 2. The van der Waals surface area contributed by atoms with Crippen LogP contribution in [-0.2, 0) is 9.53 Å². The van der Waals surface area contributed by atoms with E-state index in [-0.39, 0.29) is 18.4 Å². The second-order valence-corrected chi connectivity index (χ2v) is 6.91. The number of esters is 1. The molecule has 4 saturated carbocycles. The molecule has 5 nitrogen and oxygen atoms in total. The Morgan fingerprint density at radius 1 is 1.15 bits per heavy atom. The monoisotopic (exact) mass is 280 g/mol. The Morgan fingerprint density at radius 2 is 1.85 bits per heavy atom. The fourth-order valence-corrected chi connectivity index (χ4v) is 4.91. The Bertz CT molecular complexity index is 390. The van der Waals surface area contributed by atoms with Crippen molar-refractivity contribution in [2.45, 2.75) is 38.5 Å². The van der Waals surface area contributed by atoms with Crippen LogP contribution in [-0.4, -0.2) is 32.2 Å². The molecule has 2 atom stereocenters. The molecule has 0 aromatic heterocycles. The predicted molar refractivity (Wildman–Crippen MR) is 74.0 cm³/mol. The molecule has 0 aliphatic heterocycles. The van der Waals surface area contributed by atoms with Gasteiger partial charge in [-0.25, -0.2) is 4.79 Å². The maximum Gasteiger partial charge on any atom is 0.314 e. The van der Waals surface area contributed by atoms with Crippen molar-refractivity contribution in [3.63, 3.8) is 0 Å². The number of carbonyl (C=O) groups is 2. The van der Waals surface area contributed by atoms with Crippen LogP contribution in [0.15, 0.2) is 0 Å². The first-order chi connectivity index (χ1) is 9.60. The average molecular weight is 280 g/mol. The van der Waals surface area contributed by atoms with Crippen LogP contribution in [0.5, 0.6) is 0 Å². The quantitative estimate of drug-likeness (QED) is 0.753. The van der Waals surface area contributed by atoms with Gasteiger partial charge in [-0.2, -0.15) is 0 Å². The molecule has 20 heavy (non-hydrogen) atoms. The summed E-state index contributed by atoms with van der Waals surface area (Å²) in [7, 11) is 1.35. The Morgan fingerprint density at radius 3 is 2.45 bits per heavy atom. The number of ether oxygens (including phenoxy) is 1. The molecule has 0 spiro atoms. The van der Waals surface area contributed by atoms with Crippen molar-refractivity contribution >= 4 is 12.0 Å². The van der Waals surface area contributed by atoms with E-state index in [9.17, 15) is 9.59 Å². The van der Waals surface area contributed by atoms with Gasteiger partial charge in [0.1, 0.15) is 0 Å². The lowest BCUT2D eigenvalue weighted by molar-refractivity contribution is -0.140. The van der Waals surface area contributed by atoms with Gasteiger partial charge in [-0.05, 0) is 55.3 Å². The van der Waals surface area contributed by atoms with Crippen molar-refractivity contribution in [3.05, 3.63) is 0 Å². The van der Waals surface area contributed by atoms with Gasteiger partial charge in [0, 0.05) is 13.1 Å². The normalized spacial score (nSPS) is 37.0. The predicted octanol–water partition coefficient (Wildman–Crippen LogP) is 1.67. The van der Waals surface area contributed by atoms with Gasteiger partial charge in [-0.3, -0.25) is 4.79 Å². The van der Waals surface area contributed by atoms with Crippen LogP contribution < -0.4 is 10.6 Å². The summed E-state index contributed by atoms with van der Waals surface area (Å²) < 4.78 is 4.53. The molecule has 2 N–H and O–H groups in total. The molecule has 4 aliphatic rings. The maximum absolute atomic E-state index is 11.7. The van der Waals surface area contributed by atoms with E-state index in [1.54, 1.807) is 0 Å². The number of urea groups is 1. The van der Waals surface area contributed by atoms with Crippen molar-refractivity contribution in [1.29, 1.82) is 0 Å². The molecule has 0 saturated heterocycles. The minimum Gasteiger partial charge on any atom is -0.469 e. The third kappa shape index (κ3) is 2.63. The number of rotatable bonds is 5. The van der Waals surface area contributed by atoms with Gasteiger partial charge in [-0.1, -0.05) is 0 Å². The first-order valence-corrected chi connectivity index (χ1v) is 7.69. The van der Waals surface area contributed by atoms with Crippen LogP contribution in [0.2, 0.25) is 0 Å². The van der Waals surface area contributed by atoms with Crippen molar-refractivity contribution in [2.24, 2.45) is 23.2 Å². The van der Waals surface area contributed by atoms with E-state index in [0.29, 0.717) is 12.0 Å². The number of nitrogens with one attached hydrogen (secondary N) is 2. The Balaban J connectivity index is 1.39. The zero-order valence-electron chi connectivity index (χ0n) is 12.1.